The van der Waals surface area contributed by atoms with Crippen LogP contribution >= 0.6 is 0 Å². The van der Waals surface area contributed by atoms with Crippen molar-refractivity contribution in [1.29, 1.82) is 0 Å². The maximum absolute atomic E-state index is 13.7. The number of ketones is 1. The van der Waals surface area contributed by atoms with E-state index in [0.717, 1.165) is 24.8 Å². The van der Waals surface area contributed by atoms with Gasteiger partial charge in [-0.1, -0.05) is 37.8 Å². The summed E-state index contributed by atoms with van der Waals surface area (Å²) >= 11 is 0. The van der Waals surface area contributed by atoms with Crippen LogP contribution in [-0.2, 0) is 30.3 Å². The second-order valence-corrected chi connectivity index (χ2v) is 12.2. The van der Waals surface area contributed by atoms with Crippen molar-refractivity contribution in [2.24, 2.45) is 11.8 Å². The third-order valence-electron chi connectivity index (χ3n) is 8.83. The van der Waals surface area contributed by atoms with E-state index in [4.69, 9.17) is 9.47 Å². The van der Waals surface area contributed by atoms with Crippen molar-refractivity contribution in [2.45, 2.75) is 108 Å². The zero-order chi connectivity index (χ0) is 29.6. The van der Waals surface area contributed by atoms with Gasteiger partial charge >= 0.3 is 0 Å². The quantitative estimate of drug-likeness (QED) is 0.250. The van der Waals surface area contributed by atoms with E-state index in [1.807, 2.05) is 12.1 Å². The average Bonchev–Trinajstić information content (AvgIpc) is 3.30. The lowest BCUT2D eigenvalue weighted by Crippen LogP contribution is -2.57. The Bertz CT molecular complexity index is 1080. The van der Waals surface area contributed by atoms with Crippen LogP contribution in [0.5, 0.6) is 5.75 Å². The van der Waals surface area contributed by atoms with Gasteiger partial charge in [-0.15, -0.1) is 0 Å². The molecule has 4 N–H and O–H groups in total. The second-order valence-electron chi connectivity index (χ2n) is 12.2. The largest absolute Gasteiger partial charge is 0.497 e. The highest BCUT2D eigenvalue weighted by Crippen LogP contribution is 2.32. The highest BCUT2D eigenvalue weighted by molar-refractivity contribution is 5.98. The molecule has 1 aliphatic heterocycles. The molecule has 0 unspecified atom stereocenters. The number of hydrogen-bond donors (Lipinski definition) is 4. The molecule has 41 heavy (non-hydrogen) atoms. The third-order valence-corrected chi connectivity index (χ3v) is 8.83. The summed E-state index contributed by atoms with van der Waals surface area (Å²) in [5.74, 6) is -0.500. The molecule has 1 aromatic carbocycles. The Morgan fingerprint density at radius 2 is 1.66 bits per heavy atom. The molecule has 4 rings (SSSR count). The van der Waals surface area contributed by atoms with E-state index in [1.165, 1.54) is 12.8 Å². The topological polar surface area (TPSA) is 146 Å². The predicted octanol–water partition coefficient (Wildman–Crippen LogP) is 2.20. The van der Waals surface area contributed by atoms with Crippen molar-refractivity contribution in [3.05, 3.63) is 29.8 Å². The SMILES string of the molecule is COc1ccc(C[C@H](NC(=O)[C@@H](C)NC(=O)[C@H]2CC[C@@H](O)C2)C(=O)N[C@@H](CCC2CCCC2)C(=O)[C@@]2(C)CO2)cc1. The molecule has 2 saturated carbocycles. The number of ether oxygens (including phenoxy) is 2. The predicted molar refractivity (Wildman–Crippen MR) is 152 cm³/mol. The first kappa shape index (κ1) is 31.0. The fraction of sp³-hybridized carbons (Fsp3) is 0.677. The van der Waals surface area contributed by atoms with Gasteiger partial charge in [0.05, 0.1) is 25.9 Å². The van der Waals surface area contributed by atoms with Crippen LogP contribution in [0, 0.1) is 11.8 Å². The maximum Gasteiger partial charge on any atom is 0.243 e. The standard InChI is InChI=1S/C31H45N3O7/c1-19(32-29(38)22-11-12-23(35)17-22)28(37)34-26(16-21-8-13-24(40-3)14-9-21)30(39)33-25(27(36)31(2)18-41-31)15-10-20-6-4-5-7-20/h8-9,13-14,19-20,22-23,25-26,35H,4-7,10-12,15-18H2,1-3H3,(H,32,38)(H,33,39)(H,34,37)/t19-,22+,23-,25+,26+,31-/m1/s1. The number of nitrogens with one attached hydrogen (secondary N) is 3. The molecule has 10 nitrogen and oxygen atoms in total. The van der Waals surface area contributed by atoms with E-state index >= 15 is 0 Å². The van der Waals surface area contributed by atoms with Crippen molar-refractivity contribution >= 4 is 23.5 Å². The first-order valence-corrected chi connectivity index (χ1v) is 15.0. The molecule has 226 valence electrons. The molecule has 0 bridgehead atoms. The van der Waals surface area contributed by atoms with Gasteiger partial charge in [0.1, 0.15) is 23.4 Å². The summed E-state index contributed by atoms with van der Waals surface area (Å²) < 4.78 is 10.6. The Kier molecular flexibility index (Phi) is 10.4. The number of carbonyl (C=O) groups excluding carboxylic acids is 4. The first-order chi connectivity index (χ1) is 19.6. The fourth-order valence-electron chi connectivity index (χ4n) is 5.96. The molecule has 2 aliphatic carbocycles. The van der Waals surface area contributed by atoms with Crippen LogP contribution in [-0.4, -0.2) is 72.2 Å². The number of hydrogen-bond acceptors (Lipinski definition) is 7. The van der Waals surface area contributed by atoms with Gasteiger partial charge in [0.15, 0.2) is 5.78 Å². The zero-order valence-corrected chi connectivity index (χ0v) is 24.4. The lowest BCUT2D eigenvalue weighted by atomic mass is 9.92. The fourth-order valence-corrected chi connectivity index (χ4v) is 5.96. The van der Waals surface area contributed by atoms with Crippen LogP contribution in [0.25, 0.3) is 0 Å². The first-order valence-electron chi connectivity index (χ1n) is 15.0. The van der Waals surface area contributed by atoms with E-state index in [-0.39, 0.29) is 24.0 Å². The summed E-state index contributed by atoms with van der Waals surface area (Å²) in [6.45, 7) is 3.65. The number of Topliss-reactive ketones (excluding diaryl/α,β-unsaturated/α-hetero) is 1. The van der Waals surface area contributed by atoms with Crippen LogP contribution in [0.2, 0.25) is 0 Å². The molecule has 10 heteroatoms. The molecular formula is C31H45N3O7. The smallest absolute Gasteiger partial charge is 0.243 e. The van der Waals surface area contributed by atoms with Gasteiger partial charge in [-0.05, 0) is 69.6 Å². The van der Waals surface area contributed by atoms with Crippen LogP contribution in [0.1, 0.15) is 77.2 Å². The van der Waals surface area contributed by atoms with Crippen LogP contribution in [0.3, 0.4) is 0 Å². The molecule has 3 aliphatic rings. The average molecular weight is 572 g/mol. The minimum absolute atomic E-state index is 0.141. The minimum Gasteiger partial charge on any atom is -0.497 e. The Morgan fingerprint density at radius 3 is 2.24 bits per heavy atom. The minimum atomic E-state index is -0.974. The molecule has 3 fully saturated rings. The third kappa shape index (κ3) is 8.52. The maximum atomic E-state index is 13.7. The highest BCUT2D eigenvalue weighted by atomic mass is 16.6. The van der Waals surface area contributed by atoms with Crippen molar-refractivity contribution in [3.8, 4) is 5.75 Å². The van der Waals surface area contributed by atoms with Gasteiger partial charge in [-0.25, -0.2) is 0 Å². The van der Waals surface area contributed by atoms with E-state index in [0.29, 0.717) is 44.0 Å². The van der Waals surface area contributed by atoms with E-state index in [1.54, 1.807) is 33.1 Å². The summed E-state index contributed by atoms with van der Waals surface area (Å²) in [6.07, 6.45) is 7.25. The molecule has 0 spiro atoms. The lowest BCUT2D eigenvalue weighted by Gasteiger charge is -2.26. The van der Waals surface area contributed by atoms with Crippen molar-refractivity contribution in [1.82, 2.24) is 16.0 Å². The highest BCUT2D eigenvalue weighted by Gasteiger charge is 2.50. The number of benzene rings is 1. The van der Waals surface area contributed by atoms with Gasteiger partial charge < -0.3 is 30.5 Å². The molecule has 0 aromatic heterocycles. The Labute approximate surface area is 242 Å². The summed E-state index contributed by atoms with van der Waals surface area (Å²) in [7, 11) is 1.57. The number of rotatable bonds is 14. The van der Waals surface area contributed by atoms with E-state index in [2.05, 4.69) is 16.0 Å². The van der Waals surface area contributed by atoms with Crippen LogP contribution in [0.4, 0.5) is 0 Å². The molecular weight excluding hydrogens is 526 g/mol. The normalized spacial score (nSPS) is 26.0. The number of methoxy groups -OCH3 is 1. The lowest BCUT2D eigenvalue weighted by molar-refractivity contribution is -0.134. The molecule has 6 atom stereocenters. The van der Waals surface area contributed by atoms with Gasteiger partial charge in [-0.2, -0.15) is 0 Å². The van der Waals surface area contributed by atoms with Crippen molar-refractivity contribution < 1.29 is 33.8 Å². The number of aliphatic hydroxyl groups is 1. The second kappa shape index (κ2) is 13.8. The van der Waals surface area contributed by atoms with Crippen molar-refractivity contribution in [2.75, 3.05) is 13.7 Å². The Hall–Kier alpha value is -2.98. The number of aliphatic hydroxyl groups excluding tert-OH is 1. The van der Waals surface area contributed by atoms with E-state index < -0.39 is 41.6 Å². The molecule has 0 radical (unpaired) electrons. The van der Waals surface area contributed by atoms with Crippen LogP contribution < -0.4 is 20.7 Å². The summed E-state index contributed by atoms with van der Waals surface area (Å²) in [5, 5.41) is 18.2. The summed E-state index contributed by atoms with van der Waals surface area (Å²) in [6, 6.07) is 4.64. The number of epoxide rings is 1. The van der Waals surface area contributed by atoms with Crippen molar-refractivity contribution in [3.63, 3.8) is 0 Å². The Morgan fingerprint density at radius 1 is 1.00 bits per heavy atom. The van der Waals surface area contributed by atoms with Gasteiger partial charge in [0.2, 0.25) is 17.7 Å². The summed E-state index contributed by atoms with van der Waals surface area (Å²) in [5.41, 5.74) is -0.0798. The van der Waals surface area contributed by atoms with E-state index in [9.17, 15) is 24.3 Å². The van der Waals surface area contributed by atoms with Crippen LogP contribution in [0.15, 0.2) is 24.3 Å². The number of carbonyl (C=O) groups is 4. The van der Waals surface area contributed by atoms with Gasteiger partial charge in [0, 0.05) is 12.3 Å². The molecule has 1 heterocycles. The van der Waals surface area contributed by atoms with Gasteiger partial charge in [0.25, 0.3) is 0 Å². The molecule has 3 amide bonds. The molecule has 1 aromatic rings. The zero-order valence-electron chi connectivity index (χ0n) is 24.4. The summed E-state index contributed by atoms with van der Waals surface area (Å²) in [4.78, 5) is 52.8. The monoisotopic (exact) mass is 571 g/mol. The Balaban J connectivity index is 1.45. The molecule has 1 saturated heterocycles. The van der Waals surface area contributed by atoms with Gasteiger partial charge in [-0.3, -0.25) is 19.2 Å². The number of amides is 3.